The van der Waals surface area contributed by atoms with Crippen LogP contribution in [0.2, 0.25) is 0 Å². The van der Waals surface area contributed by atoms with Gasteiger partial charge in [0.15, 0.2) is 0 Å². The van der Waals surface area contributed by atoms with E-state index in [2.05, 4.69) is 21.2 Å². The van der Waals surface area contributed by atoms with Gasteiger partial charge in [0.25, 0.3) is 0 Å². The lowest BCUT2D eigenvalue weighted by molar-refractivity contribution is 0.141. The van der Waals surface area contributed by atoms with Gasteiger partial charge in [-0.1, -0.05) is 22.0 Å². The standard InChI is InChI=1S/C10H10BrNO2/c1-6-4-7(11)2-3-8(6)9-5-12-10(13)14-9/h2-4,9H,5H2,1H3,(H,12,13). The molecule has 3 nitrogen and oxygen atoms in total. The van der Waals surface area contributed by atoms with Crippen LogP contribution in [-0.4, -0.2) is 12.6 Å². The van der Waals surface area contributed by atoms with Crippen LogP contribution < -0.4 is 5.32 Å². The van der Waals surface area contributed by atoms with Gasteiger partial charge in [0, 0.05) is 4.47 Å². The van der Waals surface area contributed by atoms with Gasteiger partial charge in [-0.05, 0) is 30.2 Å². The van der Waals surface area contributed by atoms with Crippen LogP contribution in [0.15, 0.2) is 22.7 Å². The first-order chi connectivity index (χ1) is 6.66. The number of amides is 1. The minimum absolute atomic E-state index is 0.143. The Hall–Kier alpha value is -1.03. The number of nitrogens with one attached hydrogen (secondary N) is 1. The van der Waals surface area contributed by atoms with Gasteiger partial charge in [-0.2, -0.15) is 0 Å². The average molecular weight is 256 g/mol. The summed E-state index contributed by atoms with van der Waals surface area (Å²) in [7, 11) is 0. The maximum Gasteiger partial charge on any atom is 0.407 e. The zero-order valence-corrected chi connectivity index (χ0v) is 9.30. The highest BCUT2D eigenvalue weighted by Crippen LogP contribution is 2.26. The second kappa shape index (κ2) is 3.61. The van der Waals surface area contributed by atoms with E-state index in [1.165, 1.54) is 0 Å². The highest BCUT2D eigenvalue weighted by atomic mass is 79.9. The minimum atomic E-state index is -0.336. The smallest absolute Gasteiger partial charge is 0.407 e. The fourth-order valence-corrected chi connectivity index (χ4v) is 2.04. The lowest BCUT2D eigenvalue weighted by Crippen LogP contribution is -2.12. The van der Waals surface area contributed by atoms with E-state index in [4.69, 9.17) is 4.74 Å². The monoisotopic (exact) mass is 255 g/mol. The Bertz CT molecular complexity index is 378. The molecule has 1 fully saturated rings. The molecular formula is C10H10BrNO2. The summed E-state index contributed by atoms with van der Waals surface area (Å²) < 4.78 is 6.14. The van der Waals surface area contributed by atoms with Crippen molar-refractivity contribution in [2.24, 2.45) is 0 Å². The summed E-state index contributed by atoms with van der Waals surface area (Å²) in [4.78, 5) is 10.9. The fourth-order valence-electron chi connectivity index (χ4n) is 1.56. The molecule has 1 saturated heterocycles. The number of carbonyl (C=O) groups is 1. The maximum absolute atomic E-state index is 10.9. The Labute approximate surface area is 90.6 Å². The quantitative estimate of drug-likeness (QED) is 0.838. The molecule has 1 aromatic rings. The SMILES string of the molecule is Cc1cc(Br)ccc1C1CNC(=O)O1. The number of rotatable bonds is 1. The molecule has 14 heavy (non-hydrogen) atoms. The Balaban J connectivity index is 2.28. The molecule has 74 valence electrons. The maximum atomic E-state index is 10.9. The van der Waals surface area contributed by atoms with Gasteiger partial charge in [-0.15, -0.1) is 0 Å². The largest absolute Gasteiger partial charge is 0.439 e. The fraction of sp³-hybridized carbons (Fsp3) is 0.300. The first-order valence-corrected chi connectivity index (χ1v) is 5.16. The number of hydrogen-bond donors (Lipinski definition) is 1. The summed E-state index contributed by atoms with van der Waals surface area (Å²) in [5.74, 6) is 0. The predicted molar refractivity (Wildman–Crippen MR) is 56.1 cm³/mol. The number of hydrogen-bond acceptors (Lipinski definition) is 2. The second-order valence-corrected chi connectivity index (χ2v) is 4.19. The summed E-state index contributed by atoms with van der Waals surface area (Å²) in [5.41, 5.74) is 2.19. The van der Waals surface area contributed by atoms with Crippen LogP contribution in [0.3, 0.4) is 0 Å². The number of ether oxygens (including phenoxy) is 1. The molecule has 0 aromatic heterocycles. The molecule has 1 amide bonds. The molecule has 1 aliphatic heterocycles. The number of cyclic esters (lactones) is 1. The molecule has 0 bridgehead atoms. The number of alkyl carbamates (subject to hydrolysis) is 1. The van der Waals surface area contributed by atoms with Crippen molar-refractivity contribution in [1.29, 1.82) is 0 Å². The van der Waals surface area contributed by atoms with Crippen molar-refractivity contribution >= 4 is 22.0 Å². The van der Waals surface area contributed by atoms with Crippen LogP contribution in [0.5, 0.6) is 0 Å². The average Bonchev–Trinajstić information content (AvgIpc) is 2.51. The van der Waals surface area contributed by atoms with E-state index in [9.17, 15) is 4.79 Å². The van der Waals surface area contributed by atoms with E-state index in [1.807, 2.05) is 25.1 Å². The van der Waals surface area contributed by atoms with Crippen molar-refractivity contribution in [2.45, 2.75) is 13.0 Å². The number of carbonyl (C=O) groups excluding carboxylic acids is 1. The van der Waals surface area contributed by atoms with E-state index in [-0.39, 0.29) is 12.2 Å². The van der Waals surface area contributed by atoms with Gasteiger partial charge in [-0.25, -0.2) is 4.79 Å². The molecule has 1 atom stereocenters. The second-order valence-electron chi connectivity index (χ2n) is 3.28. The van der Waals surface area contributed by atoms with Crippen LogP contribution in [0.4, 0.5) is 4.79 Å². The lowest BCUT2D eigenvalue weighted by Gasteiger charge is -2.11. The molecule has 0 spiro atoms. The van der Waals surface area contributed by atoms with Crippen LogP contribution in [0.25, 0.3) is 0 Å². The first-order valence-electron chi connectivity index (χ1n) is 4.37. The lowest BCUT2D eigenvalue weighted by atomic mass is 10.0. The van der Waals surface area contributed by atoms with E-state index in [0.717, 1.165) is 15.6 Å². The van der Waals surface area contributed by atoms with Crippen LogP contribution >= 0.6 is 15.9 Å². The zero-order valence-electron chi connectivity index (χ0n) is 7.71. The summed E-state index contributed by atoms with van der Waals surface area (Å²) in [6, 6.07) is 5.94. The van der Waals surface area contributed by atoms with E-state index < -0.39 is 0 Å². The van der Waals surface area contributed by atoms with Crippen LogP contribution in [-0.2, 0) is 4.74 Å². The molecule has 1 unspecified atom stereocenters. The third-order valence-electron chi connectivity index (χ3n) is 2.26. The highest BCUT2D eigenvalue weighted by molar-refractivity contribution is 9.10. The molecule has 1 N–H and O–H groups in total. The third kappa shape index (κ3) is 1.75. The van der Waals surface area contributed by atoms with Gasteiger partial charge >= 0.3 is 6.09 Å². The van der Waals surface area contributed by atoms with E-state index in [0.29, 0.717) is 6.54 Å². The molecule has 0 aliphatic carbocycles. The topological polar surface area (TPSA) is 38.3 Å². The Morgan fingerprint density at radius 1 is 1.57 bits per heavy atom. The van der Waals surface area contributed by atoms with Gasteiger partial charge in [0.1, 0.15) is 6.10 Å². The first kappa shape index (κ1) is 9.52. The van der Waals surface area contributed by atoms with Crippen molar-refractivity contribution in [1.82, 2.24) is 5.32 Å². The zero-order chi connectivity index (χ0) is 10.1. The molecule has 1 aliphatic rings. The minimum Gasteiger partial charge on any atom is -0.439 e. The van der Waals surface area contributed by atoms with E-state index >= 15 is 0 Å². The van der Waals surface area contributed by atoms with Gasteiger partial charge in [0.05, 0.1) is 6.54 Å². The number of halogens is 1. The van der Waals surface area contributed by atoms with Crippen molar-refractivity contribution in [2.75, 3.05) is 6.54 Å². The van der Waals surface area contributed by atoms with Crippen LogP contribution in [0.1, 0.15) is 17.2 Å². The summed E-state index contributed by atoms with van der Waals surface area (Å²) in [5, 5.41) is 2.64. The highest BCUT2D eigenvalue weighted by Gasteiger charge is 2.25. The number of aryl methyl sites for hydroxylation is 1. The van der Waals surface area contributed by atoms with Gasteiger partial charge < -0.3 is 10.1 Å². The van der Waals surface area contributed by atoms with Crippen molar-refractivity contribution < 1.29 is 9.53 Å². The van der Waals surface area contributed by atoms with E-state index in [1.54, 1.807) is 0 Å². The molecule has 0 radical (unpaired) electrons. The summed E-state index contributed by atoms with van der Waals surface area (Å²) in [6.07, 6.45) is -0.479. The van der Waals surface area contributed by atoms with Crippen LogP contribution in [0, 0.1) is 6.92 Å². The molecule has 1 aromatic carbocycles. The van der Waals surface area contributed by atoms with Crippen molar-refractivity contribution in [3.63, 3.8) is 0 Å². The van der Waals surface area contributed by atoms with Gasteiger partial charge in [-0.3, -0.25) is 0 Å². The Morgan fingerprint density at radius 3 is 2.93 bits per heavy atom. The normalized spacial score (nSPS) is 20.4. The Kier molecular flexibility index (Phi) is 2.46. The molecule has 0 saturated carbocycles. The predicted octanol–water partition coefficient (Wildman–Crippen LogP) is 2.54. The van der Waals surface area contributed by atoms with Gasteiger partial charge in [0.2, 0.25) is 0 Å². The molecule has 2 rings (SSSR count). The molecule has 1 heterocycles. The molecular weight excluding hydrogens is 246 g/mol. The number of benzene rings is 1. The van der Waals surface area contributed by atoms with Crippen molar-refractivity contribution in [3.8, 4) is 0 Å². The summed E-state index contributed by atoms with van der Waals surface area (Å²) in [6.45, 7) is 2.56. The Morgan fingerprint density at radius 2 is 2.36 bits per heavy atom. The molecule has 4 heteroatoms. The van der Waals surface area contributed by atoms with Crippen molar-refractivity contribution in [3.05, 3.63) is 33.8 Å². The summed E-state index contributed by atoms with van der Waals surface area (Å²) >= 11 is 3.39. The third-order valence-corrected chi connectivity index (χ3v) is 2.75.